The quantitative estimate of drug-likeness (QED) is 0.151. The lowest BCUT2D eigenvalue weighted by molar-refractivity contribution is -0.356. The zero-order chi connectivity index (χ0) is 21.6. The van der Waals surface area contributed by atoms with Crippen LogP contribution in [0.2, 0.25) is 0 Å². The number of ether oxygens (including phenoxy) is 4. The minimum Gasteiger partial charge on any atom is -0.394 e. The van der Waals surface area contributed by atoms with Crippen molar-refractivity contribution in [3.8, 4) is 0 Å². The number of hydrogen-bond acceptors (Lipinski definition) is 11. The number of aliphatic hydroxyl groups is 6. The van der Waals surface area contributed by atoms with E-state index >= 15 is 0 Å². The highest BCUT2D eigenvalue weighted by molar-refractivity contribution is 7.80. The smallest absolute Gasteiger partial charge is 0.187 e. The predicted octanol–water partition coefficient (Wildman–Crippen LogP) is -1.86. The van der Waals surface area contributed by atoms with Gasteiger partial charge in [-0.2, -0.15) is 12.6 Å². The molecule has 0 saturated carbocycles. The summed E-state index contributed by atoms with van der Waals surface area (Å²) in [5, 5.41) is 60.5. The Morgan fingerprint density at radius 3 is 2.07 bits per heavy atom. The van der Waals surface area contributed by atoms with Crippen LogP contribution in [-0.2, 0) is 18.9 Å². The van der Waals surface area contributed by atoms with E-state index in [9.17, 15) is 30.6 Å². The summed E-state index contributed by atoms with van der Waals surface area (Å²) in [6.07, 6.45) is -9.43. The van der Waals surface area contributed by atoms with Crippen LogP contribution in [0.15, 0.2) is 0 Å². The van der Waals surface area contributed by atoms with Crippen molar-refractivity contribution in [3.63, 3.8) is 0 Å². The van der Waals surface area contributed by atoms with Crippen LogP contribution < -0.4 is 0 Å². The molecule has 172 valence electrons. The van der Waals surface area contributed by atoms with E-state index in [0.717, 1.165) is 25.7 Å². The first-order chi connectivity index (χ1) is 13.8. The fourth-order valence-corrected chi connectivity index (χ4v) is 3.72. The van der Waals surface area contributed by atoms with Gasteiger partial charge in [-0.1, -0.05) is 26.2 Å². The molecule has 0 aromatic rings. The molecule has 0 aromatic carbocycles. The Kier molecular flexibility index (Phi) is 10.5. The van der Waals surface area contributed by atoms with Gasteiger partial charge in [-0.05, 0) is 6.42 Å². The van der Waals surface area contributed by atoms with Crippen LogP contribution in [0.1, 0.15) is 32.6 Å². The molecule has 2 aliphatic rings. The second-order valence-corrected chi connectivity index (χ2v) is 7.80. The van der Waals surface area contributed by atoms with Crippen LogP contribution in [0.5, 0.6) is 0 Å². The summed E-state index contributed by atoms with van der Waals surface area (Å²) in [7, 11) is 0. The maximum atomic E-state index is 10.5. The molecule has 29 heavy (non-hydrogen) atoms. The lowest BCUT2D eigenvalue weighted by atomic mass is 9.97. The summed E-state index contributed by atoms with van der Waals surface area (Å²) in [4.78, 5) is 0. The van der Waals surface area contributed by atoms with Crippen LogP contribution in [0.25, 0.3) is 0 Å². The SMILES string of the molecule is CCCCCCO[C@H]1OC(CO)[C@@H](O[C@@H]2OC(CS)[C@H](O)[C@H](O)C2O)[C@H](O)C1O. The summed E-state index contributed by atoms with van der Waals surface area (Å²) in [5.74, 6) is 0.0501. The van der Waals surface area contributed by atoms with Crippen molar-refractivity contribution in [2.75, 3.05) is 19.0 Å². The molecule has 2 aliphatic heterocycles. The molecule has 2 heterocycles. The van der Waals surface area contributed by atoms with Crippen molar-refractivity contribution in [2.24, 2.45) is 0 Å². The molecule has 0 aromatic heterocycles. The average Bonchev–Trinajstić information content (AvgIpc) is 2.72. The minimum absolute atomic E-state index is 0.0501. The molecule has 0 bridgehead atoms. The van der Waals surface area contributed by atoms with Crippen molar-refractivity contribution in [1.82, 2.24) is 0 Å². The Labute approximate surface area is 175 Å². The zero-order valence-corrected chi connectivity index (χ0v) is 17.4. The standard InChI is InChI=1S/C18H34O10S/c1-2-3-4-5-6-25-17-15(24)13(22)16(9(7-19)26-17)28-18-14(23)12(21)11(20)10(8-29)27-18/h9-24,29H,2-8H2,1H3/t9?,10?,11-,12-,13+,14?,15?,16+,17-,18-/m0/s1. The first-order valence-electron chi connectivity index (χ1n) is 10.1. The molecule has 4 unspecified atom stereocenters. The van der Waals surface area contributed by atoms with Crippen LogP contribution in [-0.4, -0.2) is 111 Å². The Hall–Kier alpha value is -0.0500. The van der Waals surface area contributed by atoms with E-state index in [1.165, 1.54) is 0 Å². The third-order valence-corrected chi connectivity index (χ3v) is 5.60. The number of rotatable bonds is 10. The van der Waals surface area contributed by atoms with E-state index in [1.54, 1.807) is 0 Å². The number of unbranched alkanes of at least 4 members (excludes halogenated alkanes) is 3. The Morgan fingerprint density at radius 1 is 0.793 bits per heavy atom. The third kappa shape index (κ3) is 6.23. The second-order valence-electron chi connectivity index (χ2n) is 7.44. The zero-order valence-electron chi connectivity index (χ0n) is 16.5. The average molecular weight is 443 g/mol. The first kappa shape index (κ1) is 25.2. The topological polar surface area (TPSA) is 158 Å². The maximum Gasteiger partial charge on any atom is 0.187 e. The fourth-order valence-electron chi connectivity index (χ4n) is 3.42. The van der Waals surface area contributed by atoms with E-state index in [0.29, 0.717) is 6.61 Å². The summed E-state index contributed by atoms with van der Waals surface area (Å²) < 4.78 is 22.0. The van der Waals surface area contributed by atoms with Gasteiger partial charge in [-0.3, -0.25) is 0 Å². The monoisotopic (exact) mass is 442 g/mol. The van der Waals surface area contributed by atoms with E-state index in [4.69, 9.17) is 18.9 Å². The van der Waals surface area contributed by atoms with Gasteiger partial charge in [-0.15, -0.1) is 0 Å². The van der Waals surface area contributed by atoms with Crippen LogP contribution in [0.3, 0.4) is 0 Å². The van der Waals surface area contributed by atoms with Crippen molar-refractivity contribution in [3.05, 3.63) is 0 Å². The second kappa shape index (κ2) is 12.1. The van der Waals surface area contributed by atoms with Gasteiger partial charge in [0, 0.05) is 12.4 Å². The molecule has 0 aliphatic carbocycles. The van der Waals surface area contributed by atoms with Gasteiger partial charge in [0.1, 0.15) is 42.7 Å². The molecule has 10 nitrogen and oxygen atoms in total. The van der Waals surface area contributed by atoms with Crippen LogP contribution in [0, 0.1) is 0 Å². The van der Waals surface area contributed by atoms with Gasteiger partial charge >= 0.3 is 0 Å². The summed E-state index contributed by atoms with van der Waals surface area (Å²) in [6.45, 7) is 1.87. The molecular weight excluding hydrogens is 408 g/mol. The molecule has 2 saturated heterocycles. The van der Waals surface area contributed by atoms with E-state index < -0.39 is 68.0 Å². The van der Waals surface area contributed by atoms with Crippen molar-refractivity contribution < 1.29 is 49.6 Å². The molecule has 2 fully saturated rings. The molecule has 0 spiro atoms. The van der Waals surface area contributed by atoms with E-state index in [1.807, 2.05) is 0 Å². The third-order valence-electron chi connectivity index (χ3n) is 5.24. The molecule has 6 N–H and O–H groups in total. The summed E-state index contributed by atoms with van der Waals surface area (Å²) >= 11 is 4.03. The Morgan fingerprint density at radius 2 is 1.45 bits per heavy atom. The number of thiol groups is 1. The molecule has 2 rings (SSSR count). The van der Waals surface area contributed by atoms with Gasteiger partial charge in [0.25, 0.3) is 0 Å². The van der Waals surface area contributed by atoms with Crippen LogP contribution >= 0.6 is 12.6 Å². The minimum atomic E-state index is -1.61. The molecular formula is C18H34O10S. The molecule has 11 heteroatoms. The van der Waals surface area contributed by atoms with Gasteiger partial charge in [0.05, 0.1) is 12.7 Å². The van der Waals surface area contributed by atoms with E-state index in [-0.39, 0.29) is 5.75 Å². The summed E-state index contributed by atoms with van der Waals surface area (Å²) in [6, 6.07) is 0. The number of aliphatic hydroxyl groups excluding tert-OH is 6. The normalized spacial score (nSPS) is 43.4. The van der Waals surface area contributed by atoms with Gasteiger partial charge in [-0.25, -0.2) is 0 Å². The lowest BCUT2D eigenvalue weighted by Gasteiger charge is -2.46. The maximum absolute atomic E-state index is 10.5. The van der Waals surface area contributed by atoms with E-state index in [2.05, 4.69) is 19.6 Å². The van der Waals surface area contributed by atoms with Gasteiger partial charge in [0.2, 0.25) is 0 Å². The van der Waals surface area contributed by atoms with Gasteiger partial charge in [0.15, 0.2) is 12.6 Å². The molecule has 0 amide bonds. The predicted molar refractivity (Wildman–Crippen MR) is 103 cm³/mol. The molecule has 10 atom stereocenters. The van der Waals surface area contributed by atoms with Crippen molar-refractivity contribution in [2.45, 2.75) is 94.0 Å². The Bertz CT molecular complexity index is 468. The van der Waals surface area contributed by atoms with Crippen molar-refractivity contribution >= 4 is 12.6 Å². The molecule has 0 radical (unpaired) electrons. The fraction of sp³-hybridized carbons (Fsp3) is 1.00. The number of hydrogen-bond donors (Lipinski definition) is 7. The highest BCUT2D eigenvalue weighted by atomic mass is 32.1. The van der Waals surface area contributed by atoms with Crippen LogP contribution in [0.4, 0.5) is 0 Å². The highest BCUT2D eigenvalue weighted by Crippen LogP contribution is 2.29. The lowest BCUT2D eigenvalue weighted by Crippen LogP contribution is -2.64. The summed E-state index contributed by atoms with van der Waals surface area (Å²) in [5.41, 5.74) is 0. The van der Waals surface area contributed by atoms with Crippen molar-refractivity contribution in [1.29, 1.82) is 0 Å². The highest BCUT2D eigenvalue weighted by Gasteiger charge is 2.50. The Balaban J connectivity index is 1.98. The van der Waals surface area contributed by atoms with Gasteiger partial charge < -0.3 is 49.6 Å². The largest absolute Gasteiger partial charge is 0.394 e. The first-order valence-corrected chi connectivity index (χ1v) is 10.7.